The molecule has 5 nitrogen and oxygen atoms in total. The molecular formula is C17H25F2N3O2. The number of nitrogens with one attached hydrogen (secondary N) is 1. The Labute approximate surface area is 141 Å². The summed E-state index contributed by atoms with van der Waals surface area (Å²) >= 11 is 0. The van der Waals surface area contributed by atoms with Crippen LogP contribution in [0.4, 0.5) is 19.3 Å². The molecular weight excluding hydrogens is 316 g/mol. The Bertz CT molecular complexity index is 569. The van der Waals surface area contributed by atoms with Gasteiger partial charge >= 0.3 is 12.6 Å². The highest BCUT2D eigenvalue weighted by Gasteiger charge is 2.22. The van der Waals surface area contributed by atoms with Gasteiger partial charge in [-0.05, 0) is 50.9 Å². The second-order valence-corrected chi connectivity index (χ2v) is 6.41. The van der Waals surface area contributed by atoms with Crippen molar-refractivity contribution in [2.24, 2.45) is 5.92 Å². The zero-order valence-corrected chi connectivity index (χ0v) is 14.4. The van der Waals surface area contributed by atoms with Crippen LogP contribution in [0.5, 0.6) is 5.75 Å². The summed E-state index contributed by atoms with van der Waals surface area (Å²) in [5, 5.41) is 2.70. The van der Waals surface area contributed by atoms with Gasteiger partial charge in [0.2, 0.25) is 0 Å². The van der Waals surface area contributed by atoms with Crippen LogP contribution in [0.1, 0.15) is 18.4 Å². The fourth-order valence-corrected chi connectivity index (χ4v) is 3.09. The summed E-state index contributed by atoms with van der Waals surface area (Å²) in [5.41, 5.74) is 0.961. The summed E-state index contributed by atoms with van der Waals surface area (Å²) in [6.45, 7) is 1.49. The number of ether oxygens (including phenoxy) is 1. The van der Waals surface area contributed by atoms with E-state index in [1.807, 2.05) is 0 Å². The van der Waals surface area contributed by atoms with Crippen molar-refractivity contribution in [2.75, 3.05) is 39.0 Å². The molecule has 2 rings (SSSR count). The molecule has 0 aromatic heterocycles. The van der Waals surface area contributed by atoms with Crippen LogP contribution in [-0.4, -0.2) is 56.2 Å². The van der Waals surface area contributed by atoms with Crippen molar-refractivity contribution in [3.63, 3.8) is 0 Å². The van der Waals surface area contributed by atoms with Gasteiger partial charge in [0, 0.05) is 20.1 Å². The lowest BCUT2D eigenvalue weighted by molar-refractivity contribution is -0.0493. The summed E-state index contributed by atoms with van der Waals surface area (Å²) in [6, 6.07) is 4.45. The van der Waals surface area contributed by atoms with Gasteiger partial charge in [-0.2, -0.15) is 8.78 Å². The number of carbonyl (C=O) groups is 1. The lowest BCUT2D eigenvalue weighted by Gasteiger charge is -2.32. The van der Waals surface area contributed by atoms with Crippen molar-refractivity contribution in [1.82, 2.24) is 9.80 Å². The maximum Gasteiger partial charge on any atom is 0.387 e. The summed E-state index contributed by atoms with van der Waals surface area (Å²) in [7, 11) is 3.80. The number of rotatable bonds is 5. The Morgan fingerprint density at radius 2 is 2.25 bits per heavy atom. The number of carbonyl (C=O) groups excluding carboxylic acids is 1. The maximum absolute atomic E-state index is 12.5. The average molecular weight is 341 g/mol. The molecule has 1 aliphatic rings. The molecule has 1 fully saturated rings. The molecule has 1 aromatic rings. The second kappa shape index (κ2) is 8.28. The number of aryl methyl sites for hydroxylation is 1. The van der Waals surface area contributed by atoms with Crippen LogP contribution in [0.15, 0.2) is 18.2 Å². The summed E-state index contributed by atoms with van der Waals surface area (Å²) in [6.07, 6.45) is 2.22. The Hall–Kier alpha value is -1.89. The van der Waals surface area contributed by atoms with E-state index in [0.717, 1.165) is 25.9 Å². The predicted molar refractivity (Wildman–Crippen MR) is 89.7 cm³/mol. The minimum absolute atomic E-state index is 0.0239. The van der Waals surface area contributed by atoms with Gasteiger partial charge in [0.1, 0.15) is 5.75 Å². The van der Waals surface area contributed by atoms with Crippen LogP contribution >= 0.6 is 0 Å². The van der Waals surface area contributed by atoms with Gasteiger partial charge in [-0.3, -0.25) is 0 Å². The Balaban J connectivity index is 2.00. The number of benzene rings is 1. The van der Waals surface area contributed by atoms with Crippen molar-refractivity contribution in [2.45, 2.75) is 26.4 Å². The largest absolute Gasteiger partial charge is 0.433 e. The van der Waals surface area contributed by atoms with E-state index in [1.165, 1.54) is 6.07 Å². The van der Waals surface area contributed by atoms with Crippen molar-refractivity contribution in [1.29, 1.82) is 0 Å². The number of alkyl halides is 2. The van der Waals surface area contributed by atoms with E-state index >= 15 is 0 Å². The number of para-hydroxylation sites is 1. The normalized spacial score (nSPS) is 18.5. The molecule has 1 aliphatic heterocycles. The zero-order valence-electron chi connectivity index (χ0n) is 14.4. The van der Waals surface area contributed by atoms with E-state index in [4.69, 9.17) is 0 Å². The van der Waals surface area contributed by atoms with Crippen LogP contribution in [0.2, 0.25) is 0 Å². The average Bonchev–Trinajstić information content (AvgIpc) is 2.50. The number of urea groups is 1. The topological polar surface area (TPSA) is 44.8 Å². The number of hydrogen-bond acceptors (Lipinski definition) is 3. The number of halogens is 2. The summed E-state index contributed by atoms with van der Waals surface area (Å²) < 4.78 is 29.5. The highest BCUT2D eigenvalue weighted by Crippen LogP contribution is 2.29. The summed E-state index contributed by atoms with van der Waals surface area (Å²) in [4.78, 5) is 16.3. The molecule has 1 atom stereocenters. The fourth-order valence-electron chi connectivity index (χ4n) is 3.09. The van der Waals surface area contributed by atoms with Crippen molar-refractivity contribution >= 4 is 11.7 Å². The van der Waals surface area contributed by atoms with Gasteiger partial charge in [-0.1, -0.05) is 12.1 Å². The molecule has 2 amide bonds. The lowest BCUT2D eigenvalue weighted by atomic mass is 9.98. The monoisotopic (exact) mass is 341 g/mol. The first-order valence-corrected chi connectivity index (χ1v) is 8.12. The van der Waals surface area contributed by atoms with E-state index in [2.05, 4.69) is 22.0 Å². The molecule has 1 heterocycles. The zero-order chi connectivity index (χ0) is 17.7. The lowest BCUT2D eigenvalue weighted by Crippen LogP contribution is -2.41. The molecule has 0 bridgehead atoms. The molecule has 24 heavy (non-hydrogen) atoms. The number of amides is 2. The van der Waals surface area contributed by atoms with Crippen molar-refractivity contribution < 1.29 is 18.3 Å². The van der Waals surface area contributed by atoms with Gasteiger partial charge < -0.3 is 19.9 Å². The van der Waals surface area contributed by atoms with Crippen LogP contribution in [0.25, 0.3) is 0 Å². The maximum atomic E-state index is 12.5. The molecule has 7 heteroatoms. The Kier molecular flexibility index (Phi) is 6.36. The van der Waals surface area contributed by atoms with Crippen LogP contribution in [-0.2, 0) is 0 Å². The van der Waals surface area contributed by atoms with Gasteiger partial charge in [0.05, 0.1) is 5.69 Å². The second-order valence-electron chi connectivity index (χ2n) is 6.41. The Morgan fingerprint density at radius 1 is 1.50 bits per heavy atom. The van der Waals surface area contributed by atoms with E-state index in [1.54, 1.807) is 31.0 Å². The fraction of sp³-hybridized carbons (Fsp3) is 0.588. The minimum atomic E-state index is -2.93. The van der Waals surface area contributed by atoms with Crippen LogP contribution < -0.4 is 10.1 Å². The van der Waals surface area contributed by atoms with Crippen LogP contribution in [0, 0.1) is 12.8 Å². The number of hydrogen-bond donors (Lipinski definition) is 1. The van der Waals surface area contributed by atoms with Gasteiger partial charge in [0.25, 0.3) is 0 Å². The quantitative estimate of drug-likeness (QED) is 0.893. The molecule has 0 unspecified atom stereocenters. The Morgan fingerprint density at radius 3 is 2.92 bits per heavy atom. The van der Waals surface area contributed by atoms with Gasteiger partial charge in [-0.15, -0.1) is 0 Å². The molecule has 1 N–H and O–H groups in total. The third-order valence-electron chi connectivity index (χ3n) is 4.28. The molecule has 0 spiro atoms. The van der Waals surface area contributed by atoms with Gasteiger partial charge in [0.15, 0.2) is 0 Å². The molecule has 0 radical (unpaired) electrons. The minimum Gasteiger partial charge on any atom is -0.433 e. The molecule has 1 aromatic carbocycles. The first-order valence-electron chi connectivity index (χ1n) is 8.12. The number of nitrogens with zero attached hydrogens (tertiary/aromatic N) is 2. The predicted octanol–water partition coefficient (Wildman–Crippen LogP) is 3.40. The summed E-state index contributed by atoms with van der Waals surface area (Å²) in [5.74, 6) is 0.400. The number of anilines is 1. The highest BCUT2D eigenvalue weighted by atomic mass is 19.3. The third-order valence-corrected chi connectivity index (χ3v) is 4.28. The third kappa shape index (κ3) is 5.06. The number of piperidine rings is 1. The van der Waals surface area contributed by atoms with E-state index in [9.17, 15) is 13.6 Å². The SMILES string of the molecule is Cc1cccc(OC(F)F)c1NC(=O)N(C)C[C@@H]1CCCN(C)C1. The molecule has 1 saturated heterocycles. The molecule has 0 saturated carbocycles. The van der Waals surface area contributed by atoms with E-state index in [0.29, 0.717) is 18.0 Å². The van der Waals surface area contributed by atoms with Crippen molar-refractivity contribution in [3.8, 4) is 5.75 Å². The standard InChI is InChI=1S/C17H25F2N3O2/c1-12-6-4-8-14(24-16(18)19)15(12)20-17(23)22(3)11-13-7-5-9-21(2)10-13/h4,6,8,13,16H,5,7,9-11H2,1-3H3,(H,20,23)/t13-/m1/s1. The highest BCUT2D eigenvalue weighted by molar-refractivity contribution is 5.91. The first-order chi connectivity index (χ1) is 11.4. The van der Waals surface area contributed by atoms with E-state index < -0.39 is 6.61 Å². The van der Waals surface area contributed by atoms with E-state index in [-0.39, 0.29) is 17.5 Å². The van der Waals surface area contributed by atoms with Crippen molar-refractivity contribution in [3.05, 3.63) is 23.8 Å². The van der Waals surface area contributed by atoms with Gasteiger partial charge in [-0.25, -0.2) is 4.79 Å². The number of likely N-dealkylation sites (tertiary alicyclic amines) is 1. The molecule has 0 aliphatic carbocycles. The smallest absolute Gasteiger partial charge is 0.387 e. The van der Waals surface area contributed by atoms with Crippen LogP contribution in [0.3, 0.4) is 0 Å². The first kappa shape index (κ1) is 18.4. The molecule has 134 valence electrons.